The van der Waals surface area contributed by atoms with Crippen molar-refractivity contribution in [3.05, 3.63) is 42.5 Å². The van der Waals surface area contributed by atoms with Gasteiger partial charge >= 0.3 is 0 Å². The first-order chi connectivity index (χ1) is 7.81. The monoisotopic (exact) mass is 214 g/mol. The molecule has 2 nitrogen and oxygen atoms in total. The SMILES string of the molecule is C=Cc1cc(OC)c2ccccc2c1OC. The van der Waals surface area contributed by atoms with E-state index in [1.54, 1.807) is 20.3 Å². The summed E-state index contributed by atoms with van der Waals surface area (Å²) in [6, 6.07) is 9.94. The summed E-state index contributed by atoms with van der Waals surface area (Å²) in [5.74, 6) is 1.68. The van der Waals surface area contributed by atoms with Crippen LogP contribution in [0.4, 0.5) is 0 Å². The zero-order valence-electron chi connectivity index (χ0n) is 9.49. The predicted octanol–water partition coefficient (Wildman–Crippen LogP) is 3.50. The maximum Gasteiger partial charge on any atom is 0.134 e. The molecule has 2 heteroatoms. The van der Waals surface area contributed by atoms with Crippen molar-refractivity contribution in [1.29, 1.82) is 0 Å². The summed E-state index contributed by atoms with van der Waals surface area (Å²) in [5.41, 5.74) is 0.943. The van der Waals surface area contributed by atoms with Gasteiger partial charge in [-0.15, -0.1) is 0 Å². The van der Waals surface area contributed by atoms with Gasteiger partial charge in [0.15, 0.2) is 0 Å². The highest BCUT2D eigenvalue weighted by molar-refractivity contribution is 5.96. The van der Waals surface area contributed by atoms with E-state index >= 15 is 0 Å². The Morgan fingerprint density at radius 3 is 2.31 bits per heavy atom. The van der Waals surface area contributed by atoms with Crippen molar-refractivity contribution in [2.75, 3.05) is 14.2 Å². The molecule has 2 rings (SSSR count). The van der Waals surface area contributed by atoms with Crippen molar-refractivity contribution >= 4 is 16.8 Å². The Labute approximate surface area is 95.1 Å². The van der Waals surface area contributed by atoms with Crippen LogP contribution in [0.1, 0.15) is 5.56 Å². The predicted molar refractivity (Wildman–Crippen MR) is 67.1 cm³/mol. The molecule has 0 aliphatic rings. The minimum absolute atomic E-state index is 0.839. The molecule has 2 aromatic carbocycles. The standard InChI is InChI=1S/C14H14O2/c1-4-10-9-13(15-2)11-7-5-6-8-12(11)14(10)16-3/h4-9H,1H2,2-3H3. The van der Waals surface area contributed by atoms with Gasteiger partial charge in [0, 0.05) is 16.3 Å². The van der Waals surface area contributed by atoms with Crippen molar-refractivity contribution in [2.45, 2.75) is 0 Å². The first kappa shape index (κ1) is 10.6. The van der Waals surface area contributed by atoms with Crippen LogP contribution in [-0.2, 0) is 0 Å². The lowest BCUT2D eigenvalue weighted by Crippen LogP contribution is -1.92. The molecule has 0 bridgehead atoms. The van der Waals surface area contributed by atoms with Crippen LogP contribution in [0.5, 0.6) is 11.5 Å². The van der Waals surface area contributed by atoms with Crippen LogP contribution in [-0.4, -0.2) is 14.2 Å². The van der Waals surface area contributed by atoms with Crippen molar-refractivity contribution in [3.63, 3.8) is 0 Å². The highest BCUT2D eigenvalue weighted by Crippen LogP contribution is 2.36. The van der Waals surface area contributed by atoms with E-state index < -0.39 is 0 Å². The number of rotatable bonds is 3. The molecule has 0 unspecified atom stereocenters. The van der Waals surface area contributed by atoms with E-state index in [1.807, 2.05) is 30.3 Å². The maximum atomic E-state index is 5.42. The normalized spacial score (nSPS) is 10.1. The number of hydrogen-bond acceptors (Lipinski definition) is 2. The molecule has 0 aromatic heterocycles. The summed E-state index contributed by atoms with van der Waals surface area (Å²) in [5, 5.41) is 2.09. The maximum absolute atomic E-state index is 5.42. The summed E-state index contributed by atoms with van der Waals surface area (Å²) in [6.45, 7) is 3.79. The van der Waals surface area contributed by atoms with Gasteiger partial charge in [0.25, 0.3) is 0 Å². The van der Waals surface area contributed by atoms with Crippen molar-refractivity contribution < 1.29 is 9.47 Å². The second kappa shape index (κ2) is 4.27. The molecule has 82 valence electrons. The highest BCUT2D eigenvalue weighted by atomic mass is 16.5. The van der Waals surface area contributed by atoms with E-state index in [9.17, 15) is 0 Å². The summed E-state index contributed by atoms with van der Waals surface area (Å²) >= 11 is 0. The Morgan fingerprint density at radius 1 is 1.06 bits per heavy atom. The average Bonchev–Trinajstić information content (AvgIpc) is 2.36. The van der Waals surface area contributed by atoms with Crippen LogP contribution < -0.4 is 9.47 Å². The molecule has 0 saturated carbocycles. The minimum Gasteiger partial charge on any atom is -0.496 e. The zero-order valence-corrected chi connectivity index (χ0v) is 9.49. The molecule has 0 atom stereocenters. The van der Waals surface area contributed by atoms with E-state index in [1.165, 1.54) is 0 Å². The second-order valence-corrected chi connectivity index (χ2v) is 3.45. The van der Waals surface area contributed by atoms with Gasteiger partial charge in [-0.1, -0.05) is 36.9 Å². The molecule has 16 heavy (non-hydrogen) atoms. The third kappa shape index (κ3) is 1.52. The number of methoxy groups -OCH3 is 2. The van der Waals surface area contributed by atoms with E-state index in [0.717, 1.165) is 27.8 Å². The number of ether oxygens (including phenoxy) is 2. The molecule has 0 fully saturated rings. The van der Waals surface area contributed by atoms with Gasteiger partial charge < -0.3 is 9.47 Å². The fourth-order valence-electron chi connectivity index (χ4n) is 1.88. The lowest BCUT2D eigenvalue weighted by Gasteiger charge is -2.12. The largest absolute Gasteiger partial charge is 0.496 e. The minimum atomic E-state index is 0.839. The third-order valence-corrected chi connectivity index (χ3v) is 2.63. The van der Waals surface area contributed by atoms with Crippen molar-refractivity contribution in [2.24, 2.45) is 0 Å². The van der Waals surface area contributed by atoms with Gasteiger partial charge in [-0.3, -0.25) is 0 Å². The highest BCUT2D eigenvalue weighted by Gasteiger charge is 2.10. The van der Waals surface area contributed by atoms with E-state index in [0.29, 0.717) is 0 Å². The zero-order chi connectivity index (χ0) is 11.5. The van der Waals surface area contributed by atoms with E-state index in [-0.39, 0.29) is 0 Å². The summed E-state index contributed by atoms with van der Waals surface area (Å²) in [7, 11) is 3.34. The molecular formula is C14H14O2. The average molecular weight is 214 g/mol. The number of hydrogen-bond donors (Lipinski definition) is 0. The van der Waals surface area contributed by atoms with Crippen LogP contribution in [0.15, 0.2) is 36.9 Å². The molecule has 0 saturated heterocycles. The molecule has 2 aromatic rings. The van der Waals surface area contributed by atoms with Crippen LogP contribution in [0.25, 0.3) is 16.8 Å². The number of fused-ring (bicyclic) bond motifs is 1. The van der Waals surface area contributed by atoms with Gasteiger partial charge in [0.1, 0.15) is 11.5 Å². The summed E-state index contributed by atoms with van der Waals surface area (Å²) in [4.78, 5) is 0. The van der Waals surface area contributed by atoms with Gasteiger partial charge in [0.05, 0.1) is 14.2 Å². The number of benzene rings is 2. The third-order valence-electron chi connectivity index (χ3n) is 2.63. The van der Waals surface area contributed by atoms with Gasteiger partial charge in [-0.2, -0.15) is 0 Å². The fourth-order valence-corrected chi connectivity index (χ4v) is 1.88. The van der Waals surface area contributed by atoms with Crippen LogP contribution in [0, 0.1) is 0 Å². The lowest BCUT2D eigenvalue weighted by molar-refractivity contribution is 0.410. The Morgan fingerprint density at radius 2 is 1.75 bits per heavy atom. The Bertz CT molecular complexity index is 529. The molecule has 0 radical (unpaired) electrons. The summed E-state index contributed by atoms with van der Waals surface area (Å²) < 4.78 is 10.8. The summed E-state index contributed by atoms with van der Waals surface area (Å²) in [6.07, 6.45) is 1.77. The van der Waals surface area contributed by atoms with Gasteiger partial charge in [-0.05, 0) is 6.07 Å². The molecular weight excluding hydrogens is 200 g/mol. The lowest BCUT2D eigenvalue weighted by atomic mass is 10.0. The van der Waals surface area contributed by atoms with Gasteiger partial charge in [0.2, 0.25) is 0 Å². The van der Waals surface area contributed by atoms with Crippen molar-refractivity contribution in [3.8, 4) is 11.5 Å². The van der Waals surface area contributed by atoms with Gasteiger partial charge in [-0.25, -0.2) is 0 Å². The molecule has 0 spiro atoms. The smallest absolute Gasteiger partial charge is 0.134 e. The van der Waals surface area contributed by atoms with Crippen LogP contribution in [0.3, 0.4) is 0 Å². The molecule has 0 heterocycles. The Kier molecular flexibility index (Phi) is 2.82. The van der Waals surface area contributed by atoms with Crippen LogP contribution >= 0.6 is 0 Å². The molecule has 0 N–H and O–H groups in total. The van der Waals surface area contributed by atoms with E-state index in [4.69, 9.17) is 9.47 Å². The van der Waals surface area contributed by atoms with Crippen molar-refractivity contribution in [1.82, 2.24) is 0 Å². The first-order valence-electron chi connectivity index (χ1n) is 5.08. The second-order valence-electron chi connectivity index (χ2n) is 3.45. The Hall–Kier alpha value is -1.96. The molecule has 0 aliphatic carbocycles. The first-order valence-corrected chi connectivity index (χ1v) is 5.08. The van der Waals surface area contributed by atoms with E-state index in [2.05, 4.69) is 6.58 Å². The Balaban J connectivity index is 2.88. The fraction of sp³-hybridized carbons (Fsp3) is 0.143. The topological polar surface area (TPSA) is 18.5 Å². The quantitative estimate of drug-likeness (QED) is 0.778. The molecule has 0 amide bonds. The van der Waals surface area contributed by atoms with Crippen LogP contribution in [0.2, 0.25) is 0 Å². The molecule has 0 aliphatic heterocycles.